The van der Waals surface area contributed by atoms with Crippen LogP contribution in [0.2, 0.25) is 0 Å². The van der Waals surface area contributed by atoms with Crippen LogP contribution in [-0.2, 0) is 14.6 Å². The summed E-state index contributed by atoms with van der Waals surface area (Å²) in [6.07, 6.45) is 0.476. The molecule has 1 atom stereocenters. The molecule has 0 radical (unpaired) electrons. The lowest BCUT2D eigenvalue weighted by atomic mass is 10.2. The monoisotopic (exact) mass is 445 g/mol. The van der Waals surface area contributed by atoms with Crippen LogP contribution >= 0.6 is 11.8 Å². The van der Waals surface area contributed by atoms with Gasteiger partial charge in [0.1, 0.15) is 5.75 Å². The molecule has 0 aliphatic carbocycles. The van der Waals surface area contributed by atoms with Crippen molar-refractivity contribution in [3.63, 3.8) is 0 Å². The standard InChI is InChI=1S/C21H23N3O4S2/c1-2-28-17-9-7-16(8-10-17)24-19-6-4-3-5-18(19)23-21(24)29-13-20(25)22-15-11-12-30(26,27)14-15/h3-10,15H,2,11-14H2,1H3,(H,22,25)/t15-/m0/s1. The summed E-state index contributed by atoms with van der Waals surface area (Å²) in [5, 5.41) is 3.53. The van der Waals surface area contributed by atoms with E-state index in [1.165, 1.54) is 11.8 Å². The molecule has 1 aliphatic heterocycles. The molecule has 4 rings (SSSR count). The van der Waals surface area contributed by atoms with Crippen molar-refractivity contribution in [2.45, 2.75) is 24.5 Å². The van der Waals surface area contributed by atoms with Crippen LogP contribution < -0.4 is 10.1 Å². The van der Waals surface area contributed by atoms with Crippen molar-refractivity contribution in [1.29, 1.82) is 0 Å². The Kier molecular flexibility index (Phi) is 6.01. The predicted molar refractivity (Wildman–Crippen MR) is 118 cm³/mol. The van der Waals surface area contributed by atoms with E-state index in [0.717, 1.165) is 22.5 Å². The average molecular weight is 446 g/mol. The molecule has 9 heteroatoms. The lowest BCUT2D eigenvalue weighted by Crippen LogP contribution is -2.36. The van der Waals surface area contributed by atoms with E-state index >= 15 is 0 Å². The topological polar surface area (TPSA) is 90.3 Å². The van der Waals surface area contributed by atoms with E-state index in [1.807, 2.05) is 60.0 Å². The fraction of sp³-hybridized carbons (Fsp3) is 0.333. The van der Waals surface area contributed by atoms with Gasteiger partial charge in [-0.15, -0.1) is 0 Å². The van der Waals surface area contributed by atoms with Gasteiger partial charge >= 0.3 is 0 Å². The number of rotatable bonds is 7. The molecule has 0 spiro atoms. The van der Waals surface area contributed by atoms with E-state index in [-0.39, 0.29) is 29.2 Å². The van der Waals surface area contributed by atoms with E-state index in [4.69, 9.17) is 9.72 Å². The molecule has 1 N–H and O–H groups in total. The second kappa shape index (κ2) is 8.69. The molecule has 0 bridgehead atoms. The molecular weight excluding hydrogens is 422 g/mol. The number of nitrogens with one attached hydrogen (secondary N) is 1. The summed E-state index contributed by atoms with van der Waals surface area (Å²) < 4.78 is 30.7. The number of thioether (sulfide) groups is 1. The number of nitrogens with zero attached hydrogens (tertiary/aromatic N) is 2. The van der Waals surface area contributed by atoms with Crippen molar-refractivity contribution in [1.82, 2.24) is 14.9 Å². The van der Waals surface area contributed by atoms with Gasteiger partial charge in [-0.2, -0.15) is 0 Å². The number of hydrogen-bond acceptors (Lipinski definition) is 6. The van der Waals surface area contributed by atoms with Gasteiger partial charge in [-0.05, 0) is 49.7 Å². The number of amides is 1. The number of aromatic nitrogens is 2. The number of fused-ring (bicyclic) bond motifs is 1. The lowest BCUT2D eigenvalue weighted by molar-refractivity contribution is -0.119. The van der Waals surface area contributed by atoms with Crippen LogP contribution in [0.4, 0.5) is 0 Å². The zero-order chi connectivity index (χ0) is 21.1. The molecule has 0 saturated carbocycles. The number of para-hydroxylation sites is 2. The highest BCUT2D eigenvalue weighted by atomic mass is 32.2. The summed E-state index contributed by atoms with van der Waals surface area (Å²) in [5.41, 5.74) is 2.72. The fourth-order valence-electron chi connectivity index (χ4n) is 3.52. The third kappa shape index (κ3) is 4.62. The molecule has 7 nitrogen and oxygen atoms in total. The van der Waals surface area contributed by atoms with Gasteiger partial charge in [-0.25, -0.2) is 13.4 Å². The van der Waals surface area contributed by atoms with Crippen LogP contribution in [0.5, 0.6) is 5.75 Å². The Balaban J connectivity index is 1.53. The maximum absolute atomic E-state index is 12.4. The highest BCUT2D eigenvalue weighted by Gasteiger charge is 2.29. The second-order valence-electron chi connectivity index (χ2n) is 7.10. The summed E-state index contributed by atoms with van der Waals surface area (Å²) in [4.78, 5) is 17.1. The Morgan fingerprint density at radius 2 is 2.00 bits per heavy atom. The summed E-state index contributed by atoms with van der Waals surface area (Å²) in [7, 11) is -3.02. The van der Waals surface area contributed by atoms with E-state index in [0.29, 0.717) is 18.2 Å². The largest absolute Gasteiger partial charge is 0.494 e. The van der Waals surface area contributed by atoms with Crippen LogP contribution in [0, 0.1) is 0 Å². The van der Waals surface area contributed by atoms with Crippen LogP contribution in [0.3, 0.4) is 0 Å². The maximum Gasteiger partial charge on any atom is 0.230 e. The number of carbonyl (C=O) groups excluding carboxylic acids is 1. The molecule has 158 valence electrons. The number of hydrogen-bond donors (Lipinski definition) is 1. The molecule has 3 aromatic rings. The fourth-order valence-corrected chi connectivity index (χ4v) is 6.03. The zero-order valence-corrected chi connectivity index (χ0v) is 18.2. The van der Waals surface area contributed by atoms with Crippen molar-refractivity contribution >= 4 is 38.5 Å². The molecular formula is C21H23N3O4S2. The van der Waals surface area contributed by atoms with Crippen LogP contribution in [-0.4, -0.2) is 53.8 Å². The number of carbonyl (C=O) groups is 1. The predicted octanol–water partition coefficient (Wildman–Crippen LogP) is 2.82. The Morgan fingerprint density at radius 3 is 2.70 bits per heavy atom. The van der Waals surface area contributed by atoms with Crippen molar-refractivity contribution in [2.24, 2.45) is 0 Å². The number of benzene rings is 2. The zero-order valence-electron chi connectivity index (χ0n) is 16.6. The third-order valence-corrected chi connectivity index (χ3v) is 7.57. The van der Waals surface area contributed by atoms with Crippen molar-refractivity contribution in [3.05, 3.63) is 48.5 Å². The molecule has 0 unspecified atom stereocenters. The average Bonchev–Trinajstić information content (AvgIpc) is 3.26. The molecule has 1 aromatic heterocycles. The molecule has 2 aromatic carbocycles. The molecule has 1 aliphatic rings. The van der Waals surface area contributed by atoms with Crippen molar-refractivity contribution in [2.75, 3.05) is 23.9 Å². The first-order chi connectivity index (χ1) is 14.4. The first-order valence-corrected chi connectivity index (χ1v) is 12.6. The molecule has 2 heterocycles. The summed E-state index contributed by atoms with van der Waals surface area (Å²) in [6.45, 7) is 2.55. The van der Waals surface area contributed by atoms with Gasteiger partial charge in [0.25, 0.3) is 0 Å². The van der Waals surface area contributed by atoms with E-state index in [1.54, 1.807) is 0 Å². The van der Waals surface area contributed by atoms with Crippen LogP contribution in [0.25, 0.3) is 16.7 Å². The third-order valence-electron chi connectivity index (χ3n) is 4.87. The van der Waals surface area contributed by atoms with Crippen molar-refractivity contribution in [3.8, 4) is 11.4 Å². The lowest BCUT2D eigenvalue weighted by Gasteiger charge is -2.12. The summed E-state index contributed by atoms with van der Waals surface area (Å²) >= 11 is 1.33. The van der Waals surface area contributed by atoms with Gasteiger partial charge < -0.3 is 10.1 Å². The van der Waals surface area contributed by atoms with Crippen LogP contribution in [0.1, 0.15) is 13.3 Å². The highest BCUT2D eigenvalue weighted by Crippen LogP contribution is 2.29. The Labute approximate surface area is 179 Å². The van der Waals surface area contributed by atoms with Crippen molar-refractivity contribution < 1.29 is 17.9 Å². The summed E-state index contributed by atoms with van der Waals surface area (Å²) in [6, 6.07) is 15.3. The molecule has 1 saturated heterocycles. The Morgan fingerprint density at radius 1 is 1.23 bits per heavy atom. The Hall–Kier alpha value is -2.52. The smallest absolute Gasteiger partial charge is 0.230 e. The number of imidazole rings is 1. The quantitative estimate of drug-likeness (QED) is 0.563. The minimum Gasteiger partial charge on any atom is -0.494 e. The SMILES string of the molecule is CCOc1ccc(-n2c(SCC(=O)N[C@H]3CCS(=O)(=O)C3)nc3ccccc32)cc1. The highest BCUT2D eigenvalue weighted by molar-refractivity contribution is 7.99. The first-order valence-electron chi connectivity index (χ1n) is 9.78. The van der Waals surface area contributed by atoms with Gasteiger partial charge in [0.15, 0.2) is 15.0 Å². The van der Waals surface area contributed by atoms with Crippen LogP contribution in [0.15, 0.2) is 53.7 Å². The number of ether oxygens (including phenoxy) is 1. The second-order valence-corrected chi connectivity index (χ2v) is 10.3. The normalized spacial score (nSPS) is 17.8. The van der Waals surface area contributed by atoms with Gasteiger partial charge in [0.05, 0.1) is 34.9 Å². The van der Waals surface area contributed by atoms with E-state index in [2.05, 4.69) is 5.32 Å². The molecule has 30 heavy (non-hydrogen) atoms. The minimum atomic E-state index is -3.02. The van der Waals surface area contributed by atoms with Gasteiger partial charge in [-0.3, -0.25) is 9.36 Å². The van der Waals surface area contributed by atoms with E-state index in [9.17, 15) is 13.2 Å². The van der Waals surface area contributed by atoms with Gasteiger partial charge in [-0.1, -0.05) is 23.9 Å². The minimum absolute atomic E-state index is 0.0219. The van der Waals surface area contributed by atoms with E-state index < -0.39 is 9.84 Å². The van der Waals surface area contributed by atoms with Gasteiger partial charge in [0.2, 0.25) is 5.91 Å². The molecule has 1 amide bonds. The molecule has 1 fully saturated rings. The summed E-state index contributed by atoms with van der Waals surface area (Å²) in [5.74, 6) is 0.932. The first kappa shape index (κ1) is 20.7. The Bertz CT molecular complexity index is 1160. The van der Waals surface area contributed by atoms with Gasteiger partial charge in [0, 0.05) is 11.7 Å². The number of sulfone groups is 1. The maximum atomic E-state index is 12.4.